The number of rotatable bonds is 10. The van der Waals surface area contributed by atoms with Crippen molar-refractivity contribution in [1.82, 2.24) is 15.3 Å². The average Bonchev–Trinajstić information content (AvgIpc) is 3.15. The van der Waals surface area contributed by atoms with Crippen LogP contribution in [-0.4, -0.2) is 36.0 Å². The predicted octanol–water partition coefficient (Wildman–Crippen LogP) is 5.19. The quantitative estimate of drug-likeness (QED) is 0.467. The van der Waals surface area contributed by atoms with Crippen LogP contribution in [-0.2, 0) is 4.79 Å². The van der Waals surface area contributed by atoms with Crippen LogP contribution in [0.4, 0.5) is 5.82 Å². The molecule has 1 N–H and O–H groups in total. The number of aryl methyl sites for hydroxylation is 1. The SMILES string of the molecule is CCCCCCNC(=O)CCN(C)c1nc(C)nc2sc(-c3ccccc3)cc12. The summed E-state index contributed by atoms with van der Waals surface area (Å²) >= 11 is 1.68. The lowest BCUT2D eigenvalue weighted by molar-refractivity contribution is -0.120. The van der Waals surface area contributed by atoms with E-state index in [-0.39, 0.29) is 5.91 Å². The van der Waals surface area contributed by atoms with Crippen LogP contribution in [0.1, 0.15) is 44.9 Å². The molecule has 0 spiro atoms. The molecular formula is C23H30N4OS. The molecule has 0 aliphatic heterocycles. The molecule has 1 amide bonds. The zero-order valence-corrected chi connectivity index (χ0v) is 18.4. The number of thiophene rings is 1. The van der Waals surface area contributed by atoms with Crippen molar-refractivity contribution in [2.75, 3.05) is 25.0 Å². The monoisotopic (exact) mass is 410 g/mol. The number of carbonyl (C=O) groups excluding carboxylic acids is 1. The Bertz CT molecular complexity index is 939. The van der Waals surface area contributed by atoms with E-state index in [1.807, 2.05) is 32.2 Å². The van der Waals surface area contributed by atoms with Gasteiger partial charge in [0.2, 0.25) is 5.91 Å². The van der Waals surface area contributed by atoms with Gasteiger partial charge in [-0.1, -0.05) is 56.5 Å². The second kappa shape index (κ2) is 10.3. The van der Waals surface area contributed by atoms with Crippen molar-refractivity contribution < 1.29 is 4.79 Å². The molecule has 1 aromatic carbocycles. The number of unbranched alkanes of at least 4 members (excludes halogenated alkanes) is 3. The lowest BCUT2D eigenvalue weighted by Gasteiger charge is -2.19. The minimum absolute atomic E-state index is 0.102. The Morgan fingerprint density at radius 1 is 1.14 bits per heavy atom. The molecule has 0 saturated heterocycles. The van der Waals surface area contributed by atoms with Crippen molar-refractivity contribution in [3.63, 3.8) is 0 Å². The predicted molar refractivity (Wildman–Crippen MR) is 123 cm³/mol. The van der Waals surface area contributed by atoms with Crippen LogP contribution in [0.2, 0.25) is 0 Å². The van der Waals surface area contributed by atoms with Crippen molar-refractivity contribution >= 4 is 33.3 Å². The summed E-state index contributed by atoms with van der Waals surface area (Å²) in [5.74, 6) is 1.74. The fourth-order valence-corrected chi connectivity index (χ4v) is 4.37. The van der Waals surface area contributed by atoms with Crippen molar-refractivity contribution in [2.45, 2.75) is 46.0 Å². The summed E-state index contributed by atoms with van der Waals surface area (Å²) in [7, 11) is 2.00. The van der Waals surface area contributed by atoms with Crippen LogP contribution in [0.3, 0.4) is 0 Å². The number of nitrogens with one attached hydrogen (secondary N) is 1. The number of benzene rings is 1. The molecule has 0 radical (unpaired) electrons. The first-order valence-electron chi connectivity index (χ1n) is 10.4. The molecule has 0 saturated carbocycles. The Labute approximate surface area is 177 Å². The van der Waals surface area contributed by atoms with Gasteiger partial charge in [0.1, 0.15) is 16.5 Å². The third kappa shape index (κ3) is 5.76. The largest absolute Gasteiger partial charge is 0.359 e. The van der Waals surface area contributed by atoms with E-state index in [0.29, 0.717) is 13.0 Å². The number of hydrogen-bond acceptors (Lipinski definition) is 5. The van der Waals surface area contributed by atoms with Gasteiger partial charge in [-0.2, -0.15) is 0 Å². The number of carbonyl (C=O) groups is 1. The van der Waals surface area contributed by atoms with Gasteiger partial charge in [0.25, 0.3) is 0 Å². The third-order valence-corrected chi connectivity index (χ3v) is 6.01. The van der Waals surface area contributed by atoms with E-state index in [1.165, 1.54) is 29.7 Å². The molecule has 2 heterocycles. The van der Waals surface area contributed by atoms with E-state index < -0.39 is 0 Å². The van der Waals surface area contributed by atoms with Crippen LogP contribution in [0.15, 0.2) is 36.4 Å². The lowest BCUT2D eigenvalue weighted by atomic mass is 10.2. The van der Waals surface area contributed by atoms with E-state index in [1.54, 1.807) is 11.3 Å². The van der Waals surface area contributed by atoms with Gasteiger partial charge in [0.15, 0.2) is 0 Å². The molecule has 0 unspecified atom stereocenters. The molecule has 3 rings (SSSR count). The highest BCUT2D eigenvalue weighted by Crippen LogP contribution is 2.36. The smallest absolute Gasteiger partial charge is 0.221 e. The highest BCUT2D eigenvalue weighted by atomic mass is 32.1. The van der Waals surface area contributed by atoms with E-state index >= 15 is 0 Å². The number of hydrogen-bond donors (Lipinski definition) is 1. The van der Waals surface area contributed by atoms with E-state index in [9.17, 15) is 4.79 Å². The summed E-state index contributed by atoms with van der Waals surface area (Å²) < 4.78 is 0. The van der Waals surface area contributed by atoms with Gasteiger partial charge in [-0.05, 0) is 25.0 Å². The summed E-state index contributed by atoms with van der Waals surface area (Å²) in [6, 6.07) is 12.5. The van der Waals surface area contributed by atoms with Crippen LogP contribution in [0.5, 0.6) is 0 Å². The second-order valence-electron chi connectivity index (χ2n) is 7.37. The number of anilines is 1. The van der Waals surface area contributed by atoms with Crippen molar-refractivity contribution in [1.29, 1.82) is 0 Å². The molecule has 0 fully saturated rings. The third-order valence-electron chi connectivity index (χ3n) is 4.93. The molecule has 0 aliphatic rings. The van der Waals surface area contributed by atoms with Gasteiger partial charge < -0.3 is 10.2 Å². The fourth-order valence-electron chi connectivity index (χ4n) is 3.29. The van der Waals surface area contributed by atoms with Crippen molar-refractivity contribution in [2.24, 2.45) is 0 Å². The summed E-state index contributed by atoms with van der Waals surface area (Å²) in [5, 5.41) is 4.07. The topological polar surface area (TPSA) is 58.1 Å². The Balaban J connectivity index is 1.67. The van der Waals surface area contributed by atoms with Gasteiger partial charge >= 0.3 is 0 Å². The zero-order chi connectivity index (χ0) is 20.6. The normalized spacial score (nSPS) is 11.0. The maximum Gasteiger partial charge on any atom is 0.221 e. The number of amides is 1. The van der Waals surface area contributed by atoms with Gasteiger partial charge in [-0.3, -0.25) is 4.79 Å². The summed E-state index contributed by atoms with van der Waals surface area (Å²) in [5.41, 5.74) is 1.18. The first-order valence-corrected chi connectivity index (χ1v) is 11.2. The minimum atomic E-state index is 0.102. The molecule has 5 nitrogen and oxygen atoms in total. The van der Waals surface area contributed by atoms with E-state index in [4.69, 9.17) is 0 Å². The average molecular weight is 411 g/mol. The van der Waals surface area contributed by atoms with E-state index in [2.05, 4.69) is 45.3 Å². The fraction of sp³-hybridized carbons (Fsp3) is 0.435. The first-order chi connectivity index (χ1) is 14.1. The molecular weight excluding hydrogens is 380 g/mol. The standard InChI is InChI=1S/C23H30N4OS/c1-4-5-6-10-14-24-21(28)13-15-27(3)22-19-16-20(18-11-8-7-9-12-18)29-23(19)26-17(2)25-22/h7-9,11-12,16H,4-6,10,13-15H2,1-3H3,(H,24,28). The first kappa shape index (κ1) is 21.2. The molecule has 0 bridgehead atoms. The van der Waals surface area contributed by atoms with Crippen LogP contribution in [0.25, 0.3) is 20.7 Å². The van der Waals surface area contributed by atoms with Gasteiger partial charge in [0.05, 0.1) is 5.39 Å². The number of aromatic nitrogens is 2. The second-order valence-corrected chi connectivity index (χ2v) is 8.40. The maximum absolute atomic E-state index is 12.2. The van der Waals surface area contributed by atoms with Crippen molar-refractivity contribution in [3.05, 3.63) is 42.2 Å². The summed E-state index contributed by atoms with van der Waals surface area (Å²) in [6.07, 6.45) is 5.13. The molecule has 2 aromatic heterocycles. The Morgan fingerprint density at radius 3 is 2.69 bits per heavy atom. The Morgan fingerprint density at radius 2 is 1.93 bits per heavy atom. The summed E-state index contributed by atoms with van der Waals surface area (Å²) in [4.78, 5) is 25.7. The maximum atomic E-state index is 12.2. The van der Waals surface area contributed by atoms with E-state index in [0.717, 1.165) is 34.8 Å². The van der Waals surface area contributed by atoms with Crippen molar-refractivity contribution in [3.8, 4) is 10.4 Å². The summed E-state index contributed by atoms with van der Waals surface area (Å²) in [6.45, 7) is 5.51. The molecule has 29 heavy (non-hydrogen) atoms. The minimum Gasteiger partial charge on any atom is -0.359 e. The van der Waals surface area contributed by atoms with Gasteiger partial charge in [-0.15, -0.1) is 11.3 Å². The molecule has 0 aliphatic carbocycles. The molecule has 154 valence electrons. The number of fused-ring (bicyclic) bond motifs is 1. The van der Waals surface area contributed by atoms with Gasteiger partial charge in [0, 0.05) is 31.4 Å². The van der Waals surface area contributed by atoms with Gasteiger partial charge in [-0.25, -0.2) is 9.97 Å². The molecule has 6 heteroatoms. The highest BCUT2D eigenvalue weighted by molar-refractivity contribution is 7.21. The molecule has 0 atom stereocenters. The Kier molecular flexibility index (Phi) is 7.58. The highest BCUT2D eigenvalue weighted by Gasteiger charge is 2.15. The van der Waals surface area contributed by atoms with Crippen LogP contribution in [0, 0.1) is 6.92 Å². The molecule has 3 aromatic rings. The Hall–Kier alpha value is -2.47. The number of nitrogens with zero attached hydrogens (tertiary/aromatic N) is 3. The zero-order valence-electron chi connectivity index (χ0n) is 17.6. The van der Waals surface area contributed by atoms with Crippen LogP contribution >= 0.6 is 11.3 Å². The lowest BCUT2D eigenvalue weighted by Crippen LogP contribution is -2.29. The van der Waals surface area contributed by atoms with Crippen LogP contribution < -0.4 is 10.2 Å².